The maximum absolute atomic E-state index is 11.1. The van der Waals surface area contributed by atoms with E-state index in [2.05, 4.69) is 10.2 Å². The molecule has 1 aromatic carbocycles. The van der Waals surface area contributed by atoms with Crippen LogP contribution in [0.1, 0.15) is 37.8 Å². The van der Waals surface area contributed by atoms with E-state index in [1.165, 1.54) is 12.8 Å². The highest BCUT2D eigenvalue weighted by molar-refractivity contribution is 5.41. The largest absolute Gasteiger partial charge is 0.306 e. The van der Waals surface area contributed by atoms with Crippen molar-refractivity contribution >= 4 is 5.69 Å². The van der Waals surface area contributed by atoms with E-state index in [9.17, 15) is 10.1 Å². The lowest BCUT2D eigenvalue weighted by Gasteiger charge is -2.20. The monoisotopic (exact) mass is 275 g/mol. The highest BCUT2D eigenvalue weighted by Gasteiger charge is 2.35. The van der Waals surface area contributed by atoms with Crippen LogP contribution < -0.4 is 5.32 Å². The molecule has 1 aromatic rings. The molecule has 0 radical (unpaired) electrons. The summed E-state index contributed by atoms with van der Waals surface area (Å²) in [7, 11) is 0. The standard InChI is InChI=1S/C15H21N3O2/c1-11(14-4-2-3-5-15(14)18(19)20)16-12-8-9-17(10-12)13-6-7-13/h2-5,11-13,16H,6-10H2,1H3. The Morgan fingerprint density at radius 3 is 2.80 bits per heavy atom. The van der Waals surface area contributed by atoms with Gasteiger partial charge in [-0.2, -0.15) is 0 Å². The second kappa shape index (κ2) is 5.50. The van der Waals surface area contributed by atoms with Gasteiger partial charge in [0, 0.05) is 42.8 Å². The summed E-state index contributed by atoms with van der Waals surface area (Å²) in [6.07, 6.45) is 3.82. The molecule has 3 rings (SSSR count). The van der Waals surface area contributed by atoms with E-state index in [1.807, 2.05) is 19.1 Å². The lowest BCUT2D eigenvalue weighted by atomic mass is 10.1. The minimum absolute atomic E-state index is 0.0146. The van der Waals surface area contributed by atoms with Crippen LogP contribution in [0.25, 0.3) is 0 Å². The molecule has 0 bridgehead atoms. The number of para-hydroxylation sites is 1. The Labute approximate surface area is 119 Å². The molecule has 1 heterocycles. The van der Waals surface area contributed by atoms with Gasteiger partial charge in [-0.1, -0.05) is 18.2 Å². The van der Waals surface area contributed by atoms with E-state index < -0.39 is 0 Å². The lowest BCUT2D eigenvalue weighted by molar-refractivity contribution is -0.385. The maximum atomic E-state index is 11.1. The number of nitro benzene ring substituents is 1. The summed E-state index contributed by atoms with van der Waals surface area (Å²) in [5, 5.41) is 14.6. The molecule has 1 saturated heterocycles. The summed E-state index contributed by atoms with van der Waals surface area (Å²) in [5.74, 6) is 0. The smallest absolute Gasteiger partial charge is 0.274 e. The van der Waals surface area contributed by atoms with Crippen LogP contribution in [0, 0.1) is 10.1 Å². The average Bonchev–Trinajstić information content (AvgIpc) is 3.19. The van der Waals surface area contributed by atoms with Crippen LogP contribution in [-0.4, -0.2) is 35.0 Å². The maximum Gasteiger partial charge on any atom is 0.274 e. The van der Waals surface area contributed by atoms with Crippen LogP contribution in [0.3, 0.4) is 0 Å². The minimum Gasteiger partial charge on any atom is -0.306 e. The summed E-state index contributed by atoms with van der Waals surface area (Å²) < 4.78 is 0. The Hall–Kier alpha value is -1.46. The van der Waals surface area contributed by atoms with Gasteiger partial charge in [0.25, 0.3) is 5.69 Å². The van der Waals surface area contributed by atoms with Crippen molar-refractivity contribution in [1.29, 1.82) is 0 Å². The number of hydrogen-bond acceptors (Lipinski definition) is 4. The van der Waals surface area contributed by atoms with E-state index in [-0.39, 0.29) is 16.7 Å². The van der Waals surface area contributed by atoms with E-state index in [0.717, 1.165) is 31.1 Å². The van der Waals surface area contributed by atoms with Crippen LogP contribution in [0.15, 0.2) is 24.3 Å². The predicted molar refractivity (Wildman–Crippen MR) is 77.6 cm³/mol. The molecule has 1 N–H and O–H groups in total. The highest BCUT2D eigenvalue weighted by atomic mass is 16.6. The molecule has 0 amide bonds. The molecule has 5 nitrogen and oxygen atoms in total. The van der Waals surface area contributed by atoms with Gasteiger partial charge in [-0.25, -0.2) is 0 Å². The molecular weight excluding hydrogens is 254 g/mol. The summed E-state index contributed by atoms with van der Waals surface area (Å²) in [6, 6.07) is 8.29. The van der Waals surface area contributed by atoms with Crippen molar-refractivity contribution in [2.45, 2.75) is 44.3 Å². The van der Waals surface area contributed by atoms with Crippen molar-refractivity contribution in [2.75, 3.05) is 13.1 Å². The summed E-state index contributed by atoms with van der Waals surface area (Å²) in [6.45, 7) is 4.25. The zero-order chi connectivity index (χ0) is 14.1. The molecular formula is C15H21N3O2. The Bertz CT molecular complexity index is 502. The fraction of sp³-hybridized carbons (Fsp3) is 0.600. The average molecular weight is 275 g/mol. The van der Waals surface area contributed by atoms with Crippen LogP contribution in [-0.2, 0) is 0 Å². The minimum atomic E-state index is -0.293. The van der Waals surface area contributed by atoms with E-state index in [0.29, 0.717) is 6.04 Å². The van der Waals surface area contributed by atoms with Crippen molar-refractivity contribution in [3.63, 3.8) is 0 Å². The zero-order valence-corrected chi connectivity index (χ0v) is 11.8. The van der Waals surface area contributed by atoms with Gasteiger partial charge in [-0.05, 0) is 26.2 Å². The Morgan fingerprint density at radius 1 is 1.35 bits per heavy atom. The molecule has 2 unspecified atom stereocenters. The molecule has 1 saturated carbocycles. The molecule has 2 fully saturated rings. The molecule has 108 valence electrons. The Balaban J connectivity index is 1.64. The first kappa shape index (κ1) is 13.5. The first-order chi connectivity index (χ1) is 9.65. The molecule has 0 aromatic heterocycles. The van der Waals surface area contributed by atoms with Crippen LogP contribution in [0.4, 0.5) is 5.69 Å². The van der Waals surface area contributed by atoms with Crippen molar-refractivity contribution in [1.82, 2.24) is 10.2 Å². The van der Waals surface area contributed by atoms with Gasteiger partial charge >= 0.3 is 0 Å². The number of nitrogens with one attached hydrogen (secondary N) is 1. The van der Waals surface area contributed by atoms with Crippen LogP contribution in [0.5, 0.6) is 0 Å². The second-order valence-electron chi connectivity index (χ2n) is 5.92. The molecule has 20 heavy (non-hydrogen) atoms. The number of hydrogen-bond donors (Lipinski definition) is 1. The summed E-state index contributed by atoms with van der Waals surface area (Å²) in [5.41, 5.74) is 0.993. The first-order valence-electron chi connectivity index (χ1n) is 7.38. The second-order valence-corrected chi connectivity index (χ2v) is 5.92. The van der Waals surface area contributed by atoms with Gasteiger partial charge in [0.2, 0.25) is 0 Å². The predicted octanol–water partition coefficient (Wildman–Crippen LogP) is 2.48. The molecule has 1 aliphatic heterocycles. The third kappa shape index (κ3) is 2.83. The zero-order valence-electron chi connectivity index (χ0n) is 11.8. The fourth-order valence-corrected chi connectivity index (χ4v) is 3.16. The Morgan fingerprint density at radius 2 is 2.10 bits per heavy atom. The SMILES string of the molecule is CC(NC1CCN(C2CC2)C1)c1ccccc1[N+](=O)[O-]. The number of nitrogens with zero attached hydrogens (tertiary/aromatic N) is 2. The fourth-order valence-electron chi connectivity index (χ4n) is 3.16. The van der Waals surface area contributed by atoms with Crippen molar-refractivity contribution in [3.05, 3.63) is 39.9 Å². The van der Waals surface area contributed by atoms with Gasteiger partial charge in [-0.15, -0.1) is 0 Å². The van der Waals surface area contributed by atoms with E-state index in [4.69, 9.17) is 0 Å². The molecule has 0 spiro atoms. The van der Waals surface area contributed by atoms with Gasteiger partial charge in [0.05, 0.1) is 4.92 Å². The van der Waals surface area contributed by atoms with E-state index >= 15 is 0 Å². The van der Waals surface area contributed by atoms with Gasteiger partial charge in [0.1, 0.15) is 0 Å². The van der Waals surface area contributed by atoms with E-state index in [1.54, 1.807) is 12.1 Å². The molecule has 2 aliphatic rings. The third-order valence-corrected chi connectivity index (χ3v) is 4.37. The molecule has 1 aliphatic carbocycles. The van der Waals surface area contributed by atoms with Crippen molar-refractivity contribution < 1.29 is 4.92 Å². The van der Waals surface area contributed by atoms with Gasteiger partial charge in [-0.3, -0.25) is 15.0 Å². The van der Waals surface area contributed by atoms with Crippen molar-refractivity contribution in [2.24, 2.45) is 0 Å². The third-order valence-electron chi connectivity index (χ3n) is 4.37. The number of likely N-dealkylation sites (tertiary alicyclic amines) is 1. The topological polar surface area (TPSA) is 58.4 Å². The summed E-state index contributed by atoms with van der Waals surface area (Å²) >= 11 is 0. The lowest BCUT2D eigenvalue weighted by Crippen LogP contribution is -2.35. The number of benzene rings is 1. The molecule has 5 heteroatoms. The summed E-state index contributed by atoms with van der Waals surface area (Å²) in [4.78, 5) is 13.3. The quantitative estimate of drug-likeness (QED) is 0.662. The molecule has 2 atom stereocenters. The highest BCUT2D eigenvalue weighted by Crippen LogP contribution is 2.31. The first-order valence-corrected chi connectivity index (χ1v) is 7.38. The number of rotatable bonds is 5. The van der Waals surface area contributed by atoms with Crippen LogP contribution >= 0.6 is 0 Å². The van der Waals surface area contributed by atoms with Crippen LogP contribution in [0.2, 0.25) is 0 Å². The number of nitro groups is 1. The normalized spacial score (nSPS) is 24.8. The van der Waals surface area contributed by atoms with Crippen molar-refractivity contribution in [3.8, 4) is 0 Å². The van der Waals surface area contributed by atoms with Gasteiger partial charge in [0.15, 0.2) is 0 Å². The Kier molecular flexibility index (Phi) is 3.72. The van der Waals surface area contributed by atoms with Gasteiger partial charge < -0.3 is 5.32 Å².